The fraction of sp³-hybridized carbons (Fsp3) is 0.368. The Morgan fingerprint density at radius 1 is 1.22 bits per heavy atom. The summed E-state index contributed by atoms with van der Waals surface area (Å²) in [6.07, 6.45) is -2.83. The fourth-order valence-electron chi connectivity index (χ4n) is 3.22. The van der Waals surface area contributed by atoms with Crippen molar-refractivity contribution in [3.05, 3.63) is 35.5 Å². The molecule has 0 atom stereocenters. The molecule has 0 bridgehead atoms. The van der Waals surface area contributed by atoms with Gasteiger partial charge in [-0.15, -0.1) is 8.78 Å². The molecular weight excluding hydrogens is 460 g/mol. The predicted octanol–water partition coefficient (Wildman–Crippen LogP) is 3.39. The maximum atomic E-state index is 13.3. The predicted molar refractivity (Wildman–Crippen MR) is 101 cm³/mol. The minimum Gasteiger partial charge on any atom is -0.486 e. The van der Waals surface area contributed by atoms with Gasteiger partial charge in [-0.1, -0.05) is 6.92 Å². The summed E-state index contributed by atoms with van der Waals surface area (Å²) in [5, 5.41) is 0. The van der Waals surface area contributed by atoms with Crippen LogP contribution in [0.2, 0.25) is 0 Å². The van der Waals surface area contributed by atoms with E-state index in [1.807, 2.05) is 0 Å². The summed E-state index contributed by atoms with van der Waals surface area (Å²) in [5.74, 6) is -5.25. The van der Waals surface area contributed by atoms with Gasteiger partial charge in [0.15, 0.2) is 33.8 Å². The number of alkyl halides is 4. The minimum absolute atomic E-state index is 0.0117. The molecule has 0 aliphatic carbocycles. The summed E-state index contributed by atoms with van der Waals surface area (Å²) < 4.78 is 91.7. The van der Waals surface area contributed by atoms with Crippen LogP contribution in [0.25, 0.3) is 0 Å². The second-order valence-electron chi connectivity index (χ2n) is 7.27. The van der Waals surface area contributed by atoms with Crippen LogP contribution in [0.3, 0.4) is 0 Å². The molecule has 8 nitrogen and oxygen atoms in total. The number of ether oxygens (including phenoxy) is 3. The van der Waals surface area contributed by atoms with Crippen LogP contribution in [0.15, 0.2) is 29.3 Å². The Kier molecular flexibility index (Phi) is 4.99. The molecule has 2 aliphatic heterocycles. The van der Waals surface area contributed by atoms with E-state index in [4.69, 9.17) is 4.74 Å². The normalized spacial score (nSPS) is 16.9. The molecule has 2 aromatic rings. The average Bonchev–Trinajstić information content (AvgIpc) is 3.17. The summed E-state index contributed by atoms with van der Waals surface area (Å²) in [5.41, 5.74) is 0.306. The third-order valence-corrected chi connectivity index (χ3v) is 6.43. The maximum absolute atomic E-state index is 13.3. The van der Waals surface area contributed by atoms with Gasteiger partial charge < -0.3 is 14.2 Å². The topological polar surface area (TPSA) is 95.0 Å². The number of pyridine rings is 1. The zero-order chi connectivity index (χ0) is 23.5. The van der Waals surface area contributed by atoms with E-state index in [9.17, 15) is 30.8 Å². The second kappa shape index (κ2) is 7.22. The lowest BCUT2D eigenvalue weighted by Crippen LogP contribution is -2.27. The number of benzene rings is 1. The van der Waals surface area contributed by atoms with Gasteiger partial charge in [-0.3, -0.25) is 9.69 Å². The van der Waals surface area contributed by atoms with E-state index in [1.54, 1.807) is 0 Å². The first-order valence-electron chi connectivity index (χ1n) is 9.28. The van der Waals surface area contributed by atoms with Gasteiger partial charge in [-0.05, 0) is 17.7 Å². The van der Waals surface area contributed by atoms with Crippen molar-refractivity contribution in [3.8, 4) is 17.2 Å². The number of aromatic nitrogens is 1. The van der Waals surface area contributed by atoms with Crippen LogP contribution in [0.1, 0.15) is 29.8 Å². The molecule has 172 valence electrons. The standard InChI is InChI=1S/C19H16F4N2O6S/c1-3-32(27,28)15-5-11(29-9-18(2,20)21)7-24-16(15)25-8-10-4-13-14(6-12(10)17(25)26)31-19(22,23)30-13/h4-7H,3,8-9H2,1-2H3. The minimum atomic E-state index is -3.95. The molecule has 0 fully saturated rings. The molecule has 1 aromatic carbocycles. The van der Waals surface area contributed by atoms with Gasteiger partial charge in [0.2, 0.25) is 0 Å². The smallest absolute Gasteiger partial charge is 0.486 e. The molecule has 0 saturated heterocycles. The number of hydrogen-bond acceptors (Lipinski definition) is 7. The monoisotopic (exact) mass is 476 g/mol. The first kappa shape index (κ1) is 22.1. The highest BCUT2D eigenvalue weighted by atomic mass is 32.2. The van der Waals surface area contributed by atoms with Crippen LogP contribution >= 0.6 is 0 Å². The van der Waals surface area contributed by atoms with Crippen molar-refractivity contribution in [2.75, 3.05) is 17.3 Å². The number of rotatable bonds is 6. The van der Waals surface area contributed by atoms with E-state index in [1.165, 1.54) is 13.0 Å². The van der Waals surface area contributed by atoms with Gasteiger partial charge in [-0.25, -0.2) is 22.2 Å². The van der Waals surface area contributed by atoms with Crippen molar-refractivity contribution in [1.82, 2.24) is 4.98 Å². The number of hydrogen-bond donors (Lipinski definition) is 0. The molecule has 2 aliphatic rings. The Balaban J connectivity index is 1.71. The number of fused-ring (bicyclic) bond motifs is 2. The summed E-state index contributed by atoms with van der Waals surface area (Å²) in [4.78, 5) is 17.6. The zero-order valence-corrected chi connectivity index (χ0v) is 17.5. The number of sulfone groups is 1. The van der Waals surface area contributed by atoms with E-state index >= 15 is 0 Å². The number of carbonyl (C=O) groups excluding carboxylic acids is 1. The van der Waals surface area contributed by atoms with Crippen molar-refractivity contribution >= 4 is 21.6 Å². The highest BCUT2D eigenvalue weighted by molar-refractivity contribution is 7.91. The van der Waals surface area contributed by atoms with Gasteiger partial charge in [-0.2, -0.15) is 0 Å². The average molecular weight is 476 g/mol. The van der Waals surface area contributed by atoms with Crippen molar-refractivity contribution in [2.45, 2.75) is 37.5 Å². The van der Waals surface area contributed by atoms with Crippen molar-refractivity contribution in [3.63, 3.8) is 0 Å². The van der Waals surface area contributed by atoms with Crippen molar-refractivity contribution < 1.29 is 45.0 Å². The molecule has 0 radical (unpaired) electrons. The molecular formula is C19H16F4N2O6S. The summed E-state index contributed by atoms with van der Waals surface area (Å²) >= 11 is 0. The van der Waals surface area contributed by atoms with Gasteiger partial charge in [0.25, 0.3) is 11.8 Å². The first-order chi connectivity index (χ1) is 14.8. The molecule has 0 unspecified atom stereocenters. The molecule has 0 spiro atoms. The van der Waals surface area contributed by atoms with E-state index in [0.29, 0.717) is 12.5 Å². The molecule has 3 heterocycles. The van der Waals surface area contributed by atoms with Crippen LogP contribution in [0.5, 0.6) is 17.2 Å². The van der Waals surface area contributed by atoms with Crippen LogP contribution in [-0.2, 0) is 16.4 Å². The lowest BCUT2D eigenvalue weighted by Gasteiger charge is -2.19. The Labute approximate surface area is 179 Å². The highest BCUT2D eigenvalue weighted by Crippen LogP contribution is 2.45. The van der Waals surface area contributed by atoms with E-state index < -0.39 is 34.6 Å². The van der Waals surface area contributed by atoms with Crippen molar-refractivity contribution in [2.24, 2.45) is 0 Å². The van der Waals surface area contributed by atoms with Gasteiger partial charge >= 0.3 is 6.29 Å². The van der Waals surface area contributed by atoms with Gasteiger partial charge in [0.05, 0.1) is 18.5 Å². The third-order valence-electron chi connectivity index (χ3n) is 4.70. The quantitative estimate of drug-likeness (QED) is 0.590. The first-order valence-corrected chi connectivity index (χ1v) is 10.9. The van der Waals surface area contributed by atoms with E-state index in [-0.39, 0.29) is 45.8 Å². The molecule has 0 N–H and O–H groups in total. The molecule has 32 heavy (non-hydrogen) atoms. The van der Waals surface area contributed by atoms with Crippen LogP contribution in [0, 0.1) is 0 Å². The summed E-state index contributed by atoms with van der Waals surface area (Å²) in [6, 6.07) is 3.32. The Morgan fingerprint density at radius 3 is 2.50 bits per heavy atom. The number of anilines is 1. The largest absolute Gasteiger partial charge is 0.586 e. The zero-order valence-electron chi connectivity index (χ0n) is 16.7. The molecule has 13 heteroatoms. The maximum Gasteiger partial charge on any atom is 0.586 e. The Morgan fingerprint density at radius 2 is 1.88 bits per heavy atom. The highest BCUT2D eigenvalue weighted by Gasteiger charge is 2.45. The number of nitrogens with zero attached hydrogens (tertiary/aromatic N) is 2. The Hall–Kier alpha value is -3.09. The summed E-state index contributed by atoms with van der Waals surface area (Å²) in [7, 11) is -3.95. The second-order valence-corrected chi connectivity index (χ2v) is 9.52. The van der Waals surface area contributed by atoms with Crippen LogP contribution in [-0.4, -0.2) is 43.9 Å². The summed E-state index contributed by atoms with van der Waals surface area (Å²) in [6.45, 7) is 0.832. The fourth-order valence-corrected chi connectivity index (χ4v) is 4.27. The van der Waals surface area contributed by atoms with Crippen molar-refractivity contribution in [1.29, 1.82) is 0 Å². The lowest BCUT2D eigenvalue weighted by atomic mass is 10.1. The molecule has 0 saturated carbocycles. The molecule has 1 aromatic heterocycles. The Bertz CT molecular complexity index is 1210. The van der Waals surface area contributed by atoms with E-state index in [0.717, 1.165) is 23.2 Å². The SMILES string of the molecule is CCS(=O)(=O)c1cc(OCC(C)(F)F)cnc1N1Cc2cc3c(cc2C1=O)OC(F)(F)O3. The number of halogens is 4. The van der Waals surface area contributed by atoms with Gasteiger partial charge in [0.1, 0.15) is 10.6 Å². The number of carbonyl (C=O) groups is 1. The van der Waals surface area contributed by atoms with Crippen LogP contribution < -0.4 is 19.1 Å². The number of amides is 1. The van der Waals surface area contributed by atoms with Gasteiger partial charge in [0, 0.05) is 18.6 Å². The molecule has 1 amide bonds. The third kappa shape index (κ3) is 4.04. The molecule has 4 rings (SSSR count). The van der Waals surface area contributed by atoms with E-state index in [2.05, 4.69) is 14.5 Å². The lowest BCUT2D eigenvalue weighted by molar-refractivity contribution is -0.286. The van der Waals surface area contributed by atoms with Crippen LogP contribution in [0.4, 0.5) is 23.4 Å².